The van der Waals surface area contributed by atoms with Crippen molar-refractivity contribution in [2.75, 3.05) is 26.2 Å². The Bertz CT molecular complexity index is 3570. The van der Waals surface area contributed by atoms with E-state index < -0.39 is 157 Å². The summed E-state index contributed by atoms with van der Waals surface area (Å²) >= 11 is 0. The normalized spacial score (nSPS) is 15.8. The van der Waals surface area contributed by atoms with Gasteiger partial charge in [-0.1, -0.05) is 60.7 Å². The minimum Gasteiger partial charge on any atom is -0.508 e. The summed E-state index contributed by atoms with van der Waals surface area (Å²) in [4.78, 5) is 179. The number of carboxylic acids is 2. The fourth-order valence-electron chi connectivity index (χ4n) is 10.4. The number of nitrogens with one attached hydrogen (secondary N) is 11. The van der Waals surface area contributed by atoms with E-state index in [9.17, 15) is 78.3 Å². The van der Waals surface area contributed by atoms with Gasteiger partial charge in [0, 0.05) is 61.3 Å². The van der Waals surface area contributed by atoms with Crippen LogP contribution in [0.15, 0.2) is 103 Å². The molecule has 34 heteroatoms. The molecule has 1 aliphatic heterocycles. The number of aromatic amines is 2. The third kappa shape index (κ3) is 22.4. The predicted molar refractivity (Wildman–Crippen MR) is 342 cm³/mol. The summed E-state index contributed by atoms with van der Waals surface area (Å²) in [5, 5.41) is 71.7. The van der Waals surface area contributed by atoms with E-state index in [1.165, 1.54) is 36.5 Å². The molecule has 1 fully saturated rings. The van der Waals surface area contributed by atoms with Crippen molar-refractivity contribution in [3.8, 4) is 5.75 Å². The van der Waals surface area contributed by atoms with E-state index in [-0.39, 0.29) is 81.9 Å². The molecule has 516 valence electrons. The summed E-state index contributed by atoms with van der Waals surface area (Å²) in [6.45, 7) is 0.506. The second kappa shape index (κ2) is 35.9. The van der Waals surface area contributed by atoms with Gasteiger partial charge in [0.25, 0.3) is 0 Å². The number of phenols is 1. The minimum atomic E-state index is -1.92. The van der Waals surface area contributed by atoms with E-state index in [2.05, 4.69) is 67.8 Å². The van der Waals surface area contributed by atoms with Crippen LogP contribution in [0.25, 0.3) is 10.9 Å². The number of para-hydroxylation sites is 1. The van der Waals surface area contributed by atoms with Crippen LogP contribution < -0.4 is 65.1 Å². The van der Waals surface area contributed by atoms with Crippen LogP contribution in [0.4, 0.5) is 0 Å². The third-order valence-corrected chi connectivity index (χ3v) is 15.5. The molecule has 0 saturated carbocycles. The number of carboxylic acid groups (broad SMARTS) is 2. The number of aromatic hydroxyl groups is 1. The molecule has 96 heavy (non-hydrogen) atoms. The number of H-pyrrole nitrogens is 2. The number of aliphatic hydroxyl groups is 2. The zero-order chi connectivity index (χ0) is 70.2. The number of aromatic nitrogens is 3. The number of nitrogens with zero attached hydrogens (tertiary/aromatic N) is 3. The van der Waals surface area contributed by atoms with Crippen molar-refractivity contribution in [3.05, 3.63) is 120 Å². The summed E-state index contributed by atoms with van der Waals surface area (Å²) in [5.41, 5.74) is 19.6. The largest absolute Gasteiger partial charge is 0.508 e. The van der Waals surface area contributed by atoms with Crippen molar-refractivity contribution in [1.82, 2.24) is 67.7 Å². The van der Waals surface area contributed by atoms with Crippen LogP contribution in [-0.4, -0.2) is 215 Å². The first-order chi connectivity index (χ1) is 45.7. The molecule has 5 aromatic rings. The van der Waals surface area contributed by atoms with E-state index in [0.29, 0.717) is 27.6 Å². The lowest BCUT2D eigenvalue weighted by Crippen LogP contribution is -2.61. The number of imidazole rings is 1. The molecule has 3 aromatic carbocycles. The Morgan fingerprint density at radius 3 is 1.94 bits per heavy atom. The van der Waals surface area contributed by atoms with Crippen molar-refractivity contribution in [3.63, 3.8) is 0 Å². The second-order valence-electron chi connectivity index (χ2n) is 22.9. The van der Waals surface area contributed by atoms with E-state index in [1.807, 2.05) is 0 Å². The number of rotatable bonds is 36. The lowest BCUT2D eigenvalue weighted by molar-refractivity contribution is -0.145. The standard InChI is InChI=1S/C62H81N17O17/c1-32(71-53(87)40(63)22-35-16-18-38(82)19-17-35)52(86)73-42(14-8-20-67-62(64)65)54(88)69-29-49(83)72-45(26-50(84)85)57(91)74-44(25-37-28-66-31-70-37)56(90)76-46(24-36-27-68-41-13-7-6-12-39(36)41)60(94)79-21-9-15-48(79)59(93)75-43(23-34-10-4-3-5-11-34)55(89)77-47(30-80)58(92)78-51(33(2)81)61(95)96/h3-7,10-13,16-19,27-28,31-33,40,42-48,51,68,80-82H,8-9,14-15,20-26,29-30,63H2,1-2H3,(H,66,70)(H,69,88)(H,71,87)(H,72,83)(H,73,86)(H,74,91)(H,75,93)(H,76,90)(H,77,89)(H,78,92)(H,84,85)(H,95,96)(H4,64,65,67)/t32-,33+,40-,42-,43-,44-,45-,46-,47-,48-,51-/m0/s1. The predicted octanol–water partition coefficient (Wildman–Crippen LogP) is -4.81. The lowest BCUT2D eigenvalue weighted by atomic mass is 10.0. The van der Waals surface area contributed by atoms with Gasteiger partial charge < -0.3 is 105 Å². The van der Waals surface area contributed by atoms with Gasteiger partial charge in [0.05, 0.1) is 38.0 Å². The molecule has 0 spiro atoms. The number of carbonyl (C=O) groups is 12. The fourth-order valence-corrected chi connectivity index (χ4v) is 10.4. The summed E-state index contributed by atoms with van der Waals surface area (Å²) in [5.74, 6) is -13.0. The van der Waals surface area contributed by atoms with Gasteiger partial charge in [0.2, 0.25) is 59.1 Å². The molecule has 11 atom stereocenters. The van der Waals surface area contributed by atoms with Crippen molar-refractivity contribution in [2.45, 2.75) is 138 Å². The number of aliphatic carboxylic acids is 2. The Labute approximate surface area is 549 Å². The van der Waals surface area contributed by atoms with Crippen molar-refractivity contribution in [1.29, 1.82) is 0 Å². The maximum Gasteiger partial charge on any atom is 0.328 e. The Morgan fingerprint density at radius 2 is 1.29 bits per heavy atom. The van der Waals surface area contributed by atoms with Crippen LogP contribution in [0.5, 0.6) is 5.75 Å². The molecule has 0 radical (unpaired) electrons. The first-order valence-corrected chi connectivity index (χ1v) is 30.6. The molecular weight excluding hydrogens is 1250 g/mol. The van der Waals surface area contributed by atoms with Gasteiger partial charge in [-0.3, -0.25) is 57.7 Å². The number of likely N-dealkylation sites (tertiary alicyclic amines) is 1. The number of guanidine groups is 1. The van der Waals surface area contributed by atoms with Crippen molar-refractivity contribution < 1.29 is 83.1 Å². The number of aliphatic imine (C=N–C) groups is 1. The molecule has 10 amide bonds. The number of hydrogen-bond donors (Lipinski definition) is 19. The van der Waals surface area contributed by atoms with Gasteiger partial charge in [0.1, 0.15) is 54.1 Å². The number of amides is 10. The van der Waals surface area contributed by atoms with Crippen LogP contribution in [0.1, 0.15) is 68.3 Å². The zero-order valence-corrected chi connectivity index (χ0v) is 52.5. The van der Waals surface area contributed by atoms with E-state index in [4.69, 9.17) is 17.2 Å². The first kappa shape index (κ1) is 74.0. The SMILES string of the molecule is C[C@H](NC(=O)[C@@H](N)Cc1ccc(O)cc1)C(=O)N[C@@H](CCCN=C(N)N)C(=O)NCC(=O)N[C@@H](CC(=O)O)C(=O)N[C@@H](Cc1cnc[nH]1)C(=O)N[C@@H](Cc1c[nH]c2ccccc12)C(=O)N1CCC[C@H]1C(=O)N[C@@H](Cc1ccccc1)C(=O)N[C@@H](CO)C(=O)N[C@H](C(=O)O)[C@@H](C)O. The molecule has 6 rings (SSSR count). The summed E-state index contributed by atoms with van der Waals surface area (Å²) in [7, 11) is 0. The topological polar surface area (TPSA) is 552 Å². The number of benzene rings is 3. The maximum absolute atomic E-state index is 15.2. The maximum atomic E-state index is 15.2. The number of phenolic OH excluding ortho intramolecular Hbond substituents is 1. The van der Waals surface area contributed by atoms with Crippen molar-refractivity contribution in [2.24, 2.45) is 22.2 Å². The van der Waals surface area contributed by atoms with Gasteiger partial charge in [0.15, 0.2) is 12.0 Å². The quantitative estimate of drug-likeness (QED) is 0.0102. The molecule has 34 nitrogen and oxygen atoms in total. The first-order valence-electron chi connectivity index (χ1n) is 30.6. The number of carbonyl (C=O) groups excluding carboxylic acids is 10. The molecule has 2 aromatic heterocycles. The van der Waals surface area contributed by atoms with Gasteiger partial charge in [-0.25, -0.2) is 9.78 Å². The third-order valence-electron chi connectivity index (χ3n) is 15.5. The highest BCUT2D eigenvalue weighted by Crippen LogP contribution is 2.24. The van der Waals surface area contributed by atoms with Crippen molar-refractivity contribution >= 4 is 87.9 Å². The minimum absolute atomic E-state index is 0.00514. The number of aliphatic hydroxyl groups excluding tert-OH is 2. The highest BCUT2D eigenvalue weighted by Gasteiger charge is 2.41. The Balaban J connectivity index is 1.18. The summed E-state index contributed by atoms with van der Waals surface area (Å²) in [6.07, 6.45) is 1.20. The van der Waals surface area contributed by atoms with Gasteiger partial charge >= 0.3 is 11.9 Å². The summed E-state index contributed by atoms with van der Waals surface area (Å²) < 4.78 is 0. The molecule has 3 heterocycles. The Morgan fingerprint density at radius 1 is 0.667 bits per heavy atom. The van der Waals surface area contributed by atoms with E-state index >= 15 is 4.79 Å². The molecule has 22 N–H and O–H groups in total. The second-order valence-corrected chi connectivity index (χ2v) is 22.9. The van der Waals surface area contributed by atoms with E-state index in [0.717, 1.165) is 6.92 Å². The fraction of sp³-hybridized carbons (Fsp3) is 0.419. The molecule has 0 bridgehead atoms. The number of hydrogen-bond acceptors (Lipinski definition) is 18. The van der Waals surface area contributed by atoms with Crippen LogP contribution in [-0.2, 0) is 83.2 Å². The highest BCUT2D eigenvalue weighted by atomic mass is 16.4. The molecule has 1 saturated heterocycles. The van der Waals surface area contributed by atoms with Crippen LogP contribution in [0, 0.1) is 0 Å². The summed E-state index contributed by atoms with van der Waals surface area (Å²) in [6, 6.07) is 6.20. The molecule has 0 aliphatic carbocycles. The lowest BCUT2D eigenvalue weighted by Gasteiger charge is -2.31. The highest BCUT2D eigenvalue weighted by molar-refractivity contribution is 6.00. The van der Waals surface area contributed by atoms with Crippen LogP contribution in [0.3, 0.4) is 0 Å². The van der Waals surface area contributed by atoms with E-state index in [1.54, 1.807) is 72.9 Å². The van der Waals surface area contributed by atoms with Gasteiger partial charge in [-0.2, -0.15) is 0 Å². The Kier molecular flexibility index (Phi) is 27.7. The van der Waals surface area contributed by atoms with Gasteiger partial charge in [-0.05, 0) is 80.8 Å². The number of nitrogens with two attached hydrogens (primary N) is 3. The molecule has 0 unspecified atom stereocenters. The van der Waals surface area contributed by atoms with Crippen LogP contribution >= 0.6 is 0 Å². The number of fused-ring (bicyclic) bond motifs is 1. The Hall–Kier alpha value is -11.0. The van der Waals surface area contributed by atoms with Crippen LogP contribution in [0.2, 0.25) is 0 Å². The average Bonchev–Trinajstić information content (AvgIpc) is 1.63. The molecular formula is C62H81N17O17. The smallest absolute Gasteiger partial charge is 0.328 e. The monoisotopic (exact) mass is 1340 g/mol. The molecule has 1 aliphatic rings. The van der Waals surface area contributed by atoms with Gasteiger partial charge in [-0.15, -0.1) is 0 Å². The zero-order valence-electron chi connectivity index (χ0n) is 52.5. The average molecular weight is 1340 g/mol.